The van der Waals surface area contributed by atoms with Crippen molar-refractivity contribution in [2.75, 3.05) is 19.0 Å². The lowest BCUT2D eigenvalue weighted by Crippen LogP contribution is -2.33. The zero-order valence-corrected chi connectivity index (χ0v) is 14.0. The SMILES string of the molecule is COc1cccc(C(=O)CCC(=O)NCC(=O)Nc2cc(C)on2)c1. The molecule has 0 atom stereocenters. The fourth-order valence-electron chi connectivity index (χ4n) is 2.05. The molecule has 0 fully saturated rings. The normalized spacial score (nSPS) is 10.2. The Labute approximate surface area is 144 Å². The van der Waals surface area contributed by atoms with Gasteiger partial charge in [0, 0.05) is 24.5 Å². The number of methoxy groups -OCH3 is 1. The first-order valence-electron chi connectivity index (χ1n) is 7.65. The maximum Gasteiger partial charge on any atom is 0.245 e. The van der Waals surface area contributed by atoms with Crippen molar-refractivity contribution < 1.29 is 23.6 Å². The third-order valence-electron chi connectivity index (χ3n) is 3.31. The molecule has 2 aromatic rings. The first-order valence-corrected chi connectivity index (χ1v) is 7.65. The van der Waals surface area contributed by atoms with Crippen LogP contribution in [-0.4, -0.2) is 36.4 Å². The van der Waals surface area contributed by atoms with Gasteiger partial charge in [-0.2, -0.15) is 0 Å². The summed E-state index contributed by atoms with van der Waals surface area (Å²) in [5.41, 5.74) is 0.478. The van der Waals surface area contributed by atoms with Crippen molar-refractivity contribution in [3.63, 3.8) is 0 Å². The van der Waals surface area contributed by atoms with E-state index < -0.39 is 5.91 Å². The lowest BCUT2D eigenvalue weighted by atomic mass is 10.1. The molecular formula is C17H19N3O5. The number of carbonyl (C=O) groups is 3. The maximum atomic E-state index is 12.1. The number of ether oxygens (including phenoxy) is 1. The number of carbonyl (C=O) groups excluding carboxylic acids is 3. The van der Waals surface area contributed by atoms with Crippen LogP contribution in [-0.2, 0) is 9.59 Å². The first kappa shape index (κ1) is 18.2. The Bertz CT molecular complexity index is 769. The monoisotopic (exact) mass is 345 g/mol. The minimum absolute atomic E-state index is 0.00755. The van der Waals surface area contributed by atoms with E-state index >= 15 is 0 Å². The third-order valence-corrected chi connectivity index (χ3v) is 3.31. The summed E-state index contributed by atoms with van der Waals surface area (Å²) >= 11 is 0. The molecule has 25 heavy (non-hydrogen) atoms. The Morgan fingerprint density at radius 2 is 1.96 bits per heavy atom. The highest BCUT2D eigenvalue weighted by molar-refractivity contribution is 5.99. The summed E-state index contributed by atoms with van der Waals surface area (Å²) in [7, 11) is 1.52. The molecule has 0 aliphatic heterocycles. The van der Waals surface area contributed by atoms with Crippen LogP contribution in [0.1, 0.15) is 29.0 Å². The van der Waals surface area contributed by atoms with Gasteiger partial charge in [-0.05, 0) is 19.1 Å². The van der Waals surface area contributed by atoms with E-state index in [1.807, 2.05) is 0 Å². The second kappa shape index (κ2) is 8.62. The summed E-state index contributed by atoms with van der Waals surface area (Å²) in [6.07, 6.45) is 0.0372. The number of nitrogens with zero attached hydrogens (tertiary/aromatic N) is 1. The Morgan fingerprint density at radius 1 is 1.16 bits per heavy atom. The number of Topliss-reactive ketones (excluding diaryl/α,β-unsaturated/α-hetero) is 1. The van der Waals surface area contributed by atoms with Crippen LogP contribution in [0.15, 0.2) is 34.9 Å². The van der Waals surface area contributed by atoms with Gasteiger partial charge in [0.15, 0.2) is 11.6 Å². The Kier molecular flexibility index (Phi) is 6.27. The Balaban J connectivity index is 1.72. The zero-order valence-electron chi connectivity index (χ0n) is 14.0. The van der Waals surface area contributed by atoms with Crippen molar-refractivity contribution in [2.45, 2.75) is 19.8 Å². The van der Waals surface area contributed by atoms with Crippen LogP contribution in [0.4, 0.5) is 5.82 Å². The van der Waals surface area contributed by atoms with Gasteiger partial charge in [-0.1, -0.05) is 17.3 Å². The number of nitrogens with one attached hydrogen (secondary N) is 2. The molecule has 0 aliphatic rings. The van der Waals surface area contributed by atoms with Crippen molar-refractivity contribution in [3.8, 4) is 5.75 Å². The molecule has 0 spiro atoms. The summed E-state index contributed by atoms with van der Waals surface area (Å²) in [6.45, 7) is 1.49. The van der Waals surface area contributed by atoms with E-state index in [0.29, 0.717) is 17.1 Å². The summed E-state index contributed by atoms with van der Waals surface area (Å²) in [5.74, 6) is 0.440. The van der Waals surface area contributed by atoms with Crippen molar-refractivity contribution in [3.05, 3.63) is 41.7 Å². The number of aryl methyl sites for hydroxylation is 1. The van der Waals surface area contributed by atoms with Crippen LogP contribution in [0.2, 0.25) is 0 Å². The highest BCUT2D eigenvalue weighted by Gasteiger charge is 2.12. The third kappa shape index (κ3) is 5.76. The van der Waals surface area contributed by atoms with E-state index in [1.54, 1.807) is 37.3 Å². The molecule has 0 radical (unpaired) electrons. The minimum atomic E-state index is -0.430. The predicted octanol–water partition coefficient (Wildman–Crippen LogP) is 1.71. The molecule has 132 valence electrons. The smallest absolute Gasteiger partial charge is 0.245 e. The van der Waals surface area contributed by atoms with Crippen LogP contribution in [0, 0.1) is 6.92 Å². The second-order valence-corrected chi connectivity index (χ2v) is 5.30. The molecule has 0 bridgehead atoms. The molecule has 0 unspecified atom stereocenters. The van der Waals surface area contributed by atoms with Gasteiger partial charge in [0.2, 0.25) is 11.8 Å². The number of hydrogen-bond acceptors (Lipinski definition) is 6. The van der Waals surface area contributed by atoms with Crippen LogP contribution < -0.4 is 15.4 Å². The van der Waals surface area contributed by atoms with Gasteiger partial charge in [-0.15, -0.1) is 0 Å². The highest BCUT2D eigenvalue weighted by atomic mass is 16.5. The maximum absolute atomic E-state index is 12.1. The number of benzene rings is 1. The highest BCUT2D eigenvalue weighted by Crippen LogP contribution is 2.14. The van der Waals surface area contributed by atoms with Gasteiger partial charge < -0.3 is 19.9 Å². The van der Waals surface area contributed by atoms with Crippen LogP contribution in [0.25, 0.3) is 0 Å². The summed E-state index contributed by atoms with van der Waals surface area (Å²) < 4.78 is 9.87. The number of ketones is 1. The van der Waals surface area contributed by atoms with Crippen molar-refractivity contribution in [2.24, 2.45) is 0 Å². The van der Waals surface area contributed by atoms with Crippen LogP contribution in [0.3, 0.4) is 0 Å². The number of amides is 2. The second-order valence-electron chi connectivity index (χ2n) is 5.30. The molecule has 1 aromatic heterocycles. The van der Waals surface area contributed by atoms with E-state index in [2.05, 4.69) is 15.8 Å². The molecule has 0 aliphatic carbocycles. The topological polar surface area (TPSA) is 111 Å². The van der Waals surface area contributed by atoms with E-state index in [-0.39, 0.29) is 36.9 Å². The standard InChI is InChI=1S/C17H19N3O5/c1-11-8-15(20-25-11)19-17(23)10-18-16(22)7-6-14(21)12-4-3-5-13(9-12)24-2/h3-5,8-9H,6-7,10H2,1-2H3,(H,18,22)(H,19,20,23). The first-order chi connectivity index (χ1) is 12.0. The van der Waals surface area contributed by atoms with E-state index in [0.717, 1.165) is 0 Å². The molecule has 1 heterocycles. The summed E-state index contributed by atoms with van der Waals surface area (Å²) in [4.78, 5) is 35.5. The van der Waals surface area contributed by atoms with Crippen LogP contribution >= 0.6 is 0 Å². The molecule has 0 saturated heterocycles. The molecule has 8 nitrogen and oxygen atoms in total. The summed E-state index contributed by atoms with van der Waals surface area (Å²) in [5, 5.41) is 8.55. The molecule has 2 rings (SSSR count). The van der Waals surface area contributed by atoms with Gasteiger partial charge in [0.05, 0.1) is 13.7 Å². The molecule has 8 heteroatoms. The van der Waals surface area contributed by atoms with Crippen molar-refractivity contribution in [1.82, 2.24) is 10.5 Å². The molecule has 0 saturated carbocycles. The van der Waals surface area contributed by atoms with E-state index in [9.17, 15) is 14.4 Å². The van der Waals surface area contributed by atoms with E-state index in [4.69, 9.17) is 9.26 Å². The van der Waals surface area contributed by atoms with Gasteiger partial charge in [0.1, 0.15) is 11.5 Å². The number of anilines is 1. The average molecular weight is 345 g/mol. The van der Waals surface area contributed by atoms with Gasteiger partial charge in [-0.25, -0.2) is 0 Å². The Hall–Kier alpha value is -3.16. The average Bonchev–Trinajstić information content (AvgIpc) is 3.02. The lowest BCUT2D eigenvalue weighted by Gasteiger charge is -2.06. The number of rotatable bonds is 8. The van der Waals surface area contributed by atoms with Crippen molar-refractivity contribution in [1.29, 1.82) is 0 Å². The van der Waals surface area contributed by atoms with Crippen molar-refractivity contribution >= 4 is 23.4 Å². The fraction of sp³-hybridized carbons (Fsp3) is 0.294. The summed E-state index contributed by atoms with van der Waals surface area (Å²) in [6, 6.07) is 8.29. The molecule has 2 amide bonds. The lowest BCUT2D eigenvalue weighted by molar-refractivity contribution is -0.124. The fourth-order valence-corrected chi connectivity index (χ4v) is 2.05. The predicted molar refractivity (Wildman–Crippen MR) is 89.4 cm³/mol. The Morgan fingerprint density at radius 3 is 2.64 bits per heavy atom. The molecule has 2 N–H and O–H groups in total. The van der Waals surface area contributed by atoms with Gasteiger partial charge in [-0.3, -0.25) is 14.4 Å². The van der Waals surface area contributed by atoms with Gasteiger partial charge >= 0.3 is 0 Å². The molecular weight excluding hydrogens is 326 g/mol. The number of hydrogen-bond donors (Lipinski definition) is 2. The van der Waals surface area contributed by atoms with Crippen LogP contribution in [0.5, 0.6) is 5.75 Å². The minimum Gasteiger partial charge on any atom is -0.497 e. The van der Waals surface area contributed by atoms with E-state index in [1.165, 1.54) is 7.11 Å². The van der Waals surface area contributed by atoms with Gasteiger partial charge in [0.25, 0.3) is 0 Å². The quantitative estimate of drug-likeness (QED) is 0.705. The number of aromatic nitrogens is 1. The zero-order chi connectivity index (χ0) is 18.2. The largest absolute Gasteiger partial charge is 0.497 e. The molecule has 1 aromatic carbocycles.